The number of rotatable bonds is 6. The van der Waals surface area contributed by atoms with Crippen LogP contribution in [0.3, 0.4) is 0 Å². The number of hydrogen-bond acceptors (Lipinski definition) is 4. The van der Waals surface area contributed by atoms with Crippen molar-refractivity contribution in [3.8, 4) is 5.75 Å². The van der Waals surface area contributed by atoms with E-state index in [1.165, 1.54) is 29.5 Å². The second-order valence-electron chi connectivity index (χ2n) is 9.15. The molecule has 4 aromatic rings. The van der Waals surface area contributed by atoms with Gasteiger partial charge in [0.05, 0.1) is 10.2 Å². The Hall–Kier alpha value is -2.98. The Balaban J connectivity index is 1.37. The van der Waals surface area contributed by atoms with E-state index in [-0.39, 0.29) is 5.41 Å². The predicted molar refractivity (Wildman–Crippen MR) is 128 cm³/mol. The minimum absolute atomic E-state index is 0.102. The molecule has 0 spiro atoms. The molecule has 2 fully saturated rings. The van der Waals surface area contributed by atoms with Crippen molar-refractivity contribution in [3.63, 3.8) is 0 Å². The largest absolute Gasteiger partial charge is 0.486 e. The van der Waals surface area contributed by atoms with Gasteiger partial charge in [0.15, 0.2) is 0 Å². The van der Waals surface area contributed by atoms with Gasteiger partial charge in [-0.05, 0) is 72.6 Å². The van der Waals surface area contributed by atoms with E-state index in [1.807, 2.05) is 30.3 Å². The average molecular weight is 440 g/mol. The number of aldehydes is 1. The summed E-state index contributed by atoms with van der Waals surface area (Å²) in [6.45, 7) is 0.434. The van der Waals surface area contributed by atoms with Gasteiger partial charge < -0.3 is 4.74 Å². The first-order valence-electron chi connectivity index (χ1n) is 11.4. The lowest BCUT2D eigenvalue weighted by Gasteiger charge is -2.40. The van der Waals surface area contributed by atoms with Crippen LogP contribution in [0.4, 0.5) is 0 Å². The summed E-state index contributed by atoms with van der Waals surface area (Å²) in [5.41, 5.74) is 4.16. The Morgan fingerprint density at radius 2 is 1.88 bits per heavy atom. The van der Waals surface area contributed by atoms with E-state index < -0.39 is 0 Å². The van der Waals surface area contributed by atoms with Gasteiger partial charge in [-0.2, -0.15) is 0 Å². The topological polar surface area (TPSA) is 39.2 Å². The third-order valence-electron chi connectivity index (χ3n) is 7.47. The number of hydrogen-bond donors (Lipinski definition) is 0. The molecule has 160 valence electrons. The molecule has 1 aromatic heterocycles. The van der Waals surface area contributed by atoms with Crippen molar-refractivity contribution in [2.24, 2.45) is 11.8 Å². The highest BCUT2D eigenvalue weighted by atomic mass is 32.1. The zero-order valence-electron chi connectivity index (χ0n) is 17.9. The summed E-state index contributed by atoms with van der Waals surface area (Å²) < 4.78 is 7.39. The second kappa shape index (κ2) is 7.86. The van der Waals surface area contributed by atoms with Crippen LogP contribution < -0.4 is 4.74 Å². The summed E-state index contributed by atoms with van der Waals surface area (Å²) in [6.07, 6.45) is 5.93. The van der Waals surface area contributed by atoms with E-state index in [4.69, 9.17) is 9.72 Å². The first-order valence-corrected chi connectivity index (χ1v) is 12.2. The van der Waals surface area contributed by atoms with Crippen molar-refractivity contribution in [1.82, 2.24) is 4.98 Å². The summed E-state index contributed by atoms with van der Waals surface area (Å²) in [6, 6.07) is 25.0. The number of nitrogens with zero attached hydrogens (tertiary/aromatic N) is 1. The standard InChI is InChI=1S/C28H25NO2S/c30-17-20-11-13-23(31-18-27-29-25-8-4-5-9-26(25)32-27)15-24(20)28(21-6-2-1-3-7-21)16-19-10-12-22(28)14-19/h1-9,11,13,15,17,19,22H,10,12,14,16,18H2. The van der Waals surface area contributed by atoms with Gasteiger partial charge in [-0.15, -0.1) is 11.3 Å². The monoisotopic (exact) mass is 439 g/mol. The maximum atomic E-state index is 12.1. The molecule has 3 unspecified atom stereocenters. The van der Waals surface area contributed by atoms with E-state index in [0.29, 0.717) is 12.5 Å². The zero-order valence-corrected chi connectivity index (χ0v) is 18.7. The van der Waals surface area contributed by atoms with Gasteiger partial charge in [-0.3, -0.25) is 4.79 Å². The van der Waals surface area contributed by atoms with Crippen LogP contribution >= 0.6 is 11.3 Å². The van der Waals surface area contributed by atoms with Gasteiger partial charge in [0.1, 0.15) is 23.7 Å². The van der Waals surface area contributed by atoms with Crippen LogP contribution in [0.15, 0.2) is 72.8 Å². The first-order chi connectivity index (χ1) is 15.8. The highest BCUT2D eigenvalue weighted by Crippen LogP contribution is 2.60. The zero-order chi connectivity index (χ0) is 21.5. The fourth-order valence-electron chi connectivity index (χ4n) is 6.15. The molecular formula is C28H25NO2S. The lowest BCUT2D eigenvalue weighted by atomic mass is 9.63. The number of carbonyl (C=O) groups excluding carboxylic acids is 1. The Morgan fingerprint density at radius 1 is 1.03 bits per heavy atom. The van der Waals surface area contributed by atoms with Crippen LogP contribution in [0.25, 0.3) is 10.2 Å². The van der Waals surface area contributed by atoms with Crippen LogP contribution in [0.1, 0.15) is 52.2 Å². The molecule has 2 saturated carbocycles. The van der Waals surface area contributed by atoms with Crippen LogP contribution in [0.5, 0.6) is 5.75 Å². The predicted octanol–water partition coefficient (Wildman–Crippen LogP) is 6.79. The van der Waals surface area contributed by atoms with Gasteiger partial charge in [-0.25, -0.2) is 4.98 Å². The van der Waals surface area contributed by atoms with Crippen molar-refractivity contribution in [2.75, 3.05) is 0 Å². The maximum Gasteiger partial charge on any atom is 0.150 e. The Bertz CT molecular complexity index is 1250. The van der Waals surface area contributed by atoms with Crippen molar-refractivity contribution >= 4 is 27.8 Å². The Labute approximate surface area is 192 Å². The fourth-order valence-corrected chi connectivity index (χ4v) is 7.03. The summed E-state index contributed by atoms with van der Waals surface area (Å²) in [5, 5.41) is 0.963. The molecule has 0 saturated heterocycles. The van der Waals surface area contributed by atoms with Crippen molar-refractivity contribution in [2.45, 2.75) is 37.7 Å². The van der Waals surface area contributed by atoms with E-state index in [2.05, 4.69) is 42.5 Å². The molecule has 0 radical (unpaired) electrons. The smallest absolute Gasteiger partial charge is 0.150 e. The minimum Gasteiger partial charge on any atom is -0.486 e. The summed E-state index contributed by atoms with van der Waals surface area (Å²) in [7, 11) is 0. The molecule has 32 heavy (non-hydrogen) atoms. The van der Waals surface area contributed by atoms with E-state index >= 15 is 0 Å². The molecule has 0 amide bonds. The average Bonchev–Trinajstić information content (AvgIpc) is 3.57. The maximum absolute atomic E-state index is 12.1. The summed E-state index contributed by atoms with van der Waals surface area (Å²) in [4.78, 5) is 16.8. The lowest BCUT2D eigenvalue weighted by Crippen LogP contribution is -2.35. The van der Waals surface area contributed by atoms with Crippen molar-refractivity contribution in [3.05, 3.63) is 94.5 Å². The van der Waals surface area contributed by atoms with Crippen LogP contribution in [0, 0.1) is 11.8 Å². The molecule has 2 aliphatic rings. The van der Waals surface area contributed by atoms with Crippen molar-refractivity contribution < 1.29 is 9.53 Å². The normalized spacial score (nSPS) is 24.1. The first kappa shape index (κ1) is 19.7. The van der Waals surface area contributed by atoms with Crippen LogP contribution in [-0.2, 0) is 12.0 Å². The number of para-hydroxylation sites is 1. The van der Waals surface area contributed by atoms with E-state index in [1.54, 1.807) is 11.3 Å². The lowest BCUT2D eigenvalue weighted by molar-refractivity contribution is 0.112. The molecule has 3 aromatic carbocycles. The van der Waals surface area contributed by atoms with E-state index in [0.717, 1.165) is 46.0 Å². The number of fused-ring (bicyclic) bond motifs is 3. The fraction of sp³-hybridized carbons (Fsp3) is 0.286. The van der Waals surface area contributed by atoms with Gasteiger partial charge in [0.2, 0.25) is 0 Å². The number of aromatic nitrogens is 1. The highest BCUT2D eigenvalue weighted by molar-refractivity contribution is 7.18. The molecule has 0 N–H and O–H groups in total. The minimum atomic E-state index is -0.102. The summed E-state index contributed by atoms with van der Waals surface area (Å²) >= 11 is 1.67. The molecule has 2 bridgehead atoms. The molecule has 6 rings (SSSR count). The highest BCUT2D eigenvalue weighted by Gasteiger charge is 2.53. The Kier molecular flexibility index (Phi) is 4.83. The SMILES string of the molecule is O=Cc1ccc(OCc2nc3ccccc3s2)cc1C1(c2ccccc2)CC2CCC1C2. The van der Waals surface area contributed by atoms with Gasteiger partial charge in [0.25, 0.3) is 0 Å². The number of thiazole rings is 1. The molecule has 3 atom stereocenters. The molecular weight excluding hydrogens is 414 g/mol. The van der Waals surface area contributed by atoms with Gasteiger partial charge in [0, 0.05) is 11.0 Å². The Morgan fingerprint density at radius 3 is 2.62 bits per heavy atom. The van der Waals surface area contributed by atoms with Crippen LogP contribution in [-0.4, -0.2) is 11.3 Å². The second-order valence-corrected chi connectivity index (χ2v) is 10.3. The number of carbonyl (C=O) groups is 1. The molecule has 0 aliphatic heterocycles. The third-order valence-corrected chi connectivity index (χ3v) is 8.48. The van der Waals surface area contributed by atoms with E-state index in [9.17, 15) is 4.79 Å². The number of ether oxygens (including phenoxy) is 1. The van der Waals surface area contributed by atoms with Crippen molar-refractivity contribution in [1.29, 1.82) is 0 Å². The third kappa shape index (κ3) is 3.17. The molecule has 4 heteroatoms. The molecule has 3 nitrogen and oxygen atoms in total. The van der Waals surface area contributed by atoms with Gasteiger partial charge in [-0.1, -0.05) is 48.9 Å². The molecule has 2 aliphatic carbocycles. The van der Waals surface area contributed by atoms with Crippen LogP contribution in [0.2, 0.25) is 0 Å². The molecule has 1 heterocycles. The quantitative estimate of drug-likeness (QED) is 0.310. The summed E-state index contributed by atoms with van der Waals surface area (Å²) in [5.74, 6) is 2.13. The number of benzene rings is 3. The van der Waals surface area contributed by atoms with Gasteiger partial charge >= 0.3 is 0 Å².